The van der Waals surface area contributed by atoms with Gasteiger partial charge >= 0.3 is 0 Å². The molecule has 0 fully saturated rings. The van der Waals surface area contributed by atoms with Gasteiger partial charge in [-0.05, 0) is 37.6 Å². The van der Waals surface area contributed by atoms with Crippen LogP contribution in [-0.4, -0.2) is 20.1 Å². The Morgan fingerprint density at radius 2 is 2.13 bits per heavy atom. The van der Waals surface area contributed by atoms with Crippen LogP contribution in [0, 0.1) is 5.82 Å². The number of rotatable bonds is 5. The number of nitrogens with two attached hydrogens (primary N) is 1. The lowest BCUT2D eigenvalue weighted by Crippen LogP contribution is -2.19. The number of hydrogen-bond donors (Lipinski definition) is 1. The minimum atomic E-state index is -0.379. The van der Waals surface area contributed by atoms with Crippen molar-refractivity contribution in [3.63, 3.8) is 0 Å². The molecule has 0 aliphatic heterocycles. The van der Waals surface area contributed by atoms with Gasteiger partial charge in [0.2, 0.25) is 0 Å². The van der Waals surface area contributed by atoms with E-state index in [0.29, 0.717) is 6.54 Å². The van der Waals surface area contributed by atoms with E-state index in [1.54, 1.807) is 12.1 Å². The first kappa shape index (κ1) is 12.3. The average molecular weight is 231 g/mol. The number of benzene rings is 1. The van der Waals surface area contributed by atoms with Crippen LogP contribution >= 0.6 is 11.6 Å². The Balaban J connectivity index is 2.57. The van der Waals surface area contributed by atoms with Gasteiger partial charge in [0, 0.05) is 19.3 Å². The maximum atomic E-state index is 12.9. The van der Waals surface area contributed by atoms with E-state index >= 15 is 0 Å². The van der Waals surface area contributed by atoms with E-state index in [1.807, 2.05) is 11.9 Å². The molecule has 0 saturated heterocycles. The Bertz CT molecular complexity index is 317. The van der Waals surface area contributed by atoms with Gasteiger partial charge in [-0.3, -0.25) is 0 Å². The second-order valence-corrected chi connectivity index (χ2v) is 3.92. The molecule has 0 heterocycles. The fourth-order valence-corrected chi connectivity index (χ4v) is 1.52. The largest absolute Gasteiger partial charge is 0.375 e. The Morgan fingerprint density at radius 1 is 1.40 bits per heavy atom. The van der Waals surface area contributed by atoms with E-state index < -0.39 is 0 Å². The summed E-state index contributed by atoms with van der Waals surface area (Å²) in [6, 6.07) is 4.75. The number of halogens is 2. The summed E-state index contributed by atoms with van der Waals surface area (Å²) in [5, 5.41) is 0.165. The van der Waals surface area contributed by atoms with E-state index in [9.17, 15) is 4.39 Å². The van der Waals surface area contributed by atoms with Crippen LogP contribution in [0.25, 0.3) is 0 Å². The molecule has 0 amide bonds. The second-order valence-electron chi connectivity index (χ2n) is 3.52. The molecule has 15 heavy (non-hydrogen) atoms. The molecule has 0 aliphatic carbocycles. The molecule has 0 saturated carbocycles. The molecule has 1 rings (SSSR count). The van der Waals surface area contributed by atoms with Crippen LogP contribution in [0.3, 0.4) is 0 Å². The van der Waals surface area contributed by atoms with Crippen molar-refractivity contribution < 1.29 is 4.39 Å². The minimum Gasteiger partial charge on any atom is -0.375 e. The molecule has 0 aromatic heterocycles. The van der Waals surface area contributed by atoms with E-state index in [0.717, 1.165) is 25.1 Å². The SMILES string of the molecule is CN(CCCCN)c1ccc(F)c(Cl)c1. The molecule has 0 aliphatic rings. The lowest BCUT2D eigenvalue weighted by atomic mass is 10.2. The summed E-state index contributed by atoms with van der Waals surface area (Å²) in [5.74, 6) is -0.379. The lowest BCUT2D eigenvalue weighted by Gasteiger charge is -2.19. The summed E-state index contributed by atoms with van der Waals surface area (Å²) in [6.45, 7) is 1.61. The molecule has 0 radical (unpaired) electrons. The smallest absolute Gasteiger partial charge is 0.141 e. The zero-order valence-electron chi connectivity index (χ0n) is 8.84. The van der Waals surface area contributed by atoms with Gasteiger partial charge in [0.1, 0.15) is 5.82 Å². The summed E-state index contributed by atoms with van der Waals surface area (Å²) >= 11 is 5.70. The van der Waals surface area contributed by atoms with Gasteiger partial charge in [-0.1, -0.05) is 11.6 Å². The summed E-state index contributed by atoms with van der Waals surface area (Å²) < 4.78 is 12.9. The van der Waals surface area contributed by atoms with Gasteiger partial charge in [-0.2, -0.15) is 0 Å². The van der Waals surface area contributed by atoms with Crippen molar-refractivity contribution in [2.45, 2.75) is 12.8 Å². The third-order valence-corrected chi connectivity index (χ3v) is 2.58. The monoisotopic (exact) mass is 230 g/mol. The van der Waals surface area contributed by atoms with Crippen molar-refractivity contribution in [1.29, 1.82) is 0 Å². The predicted octanol–water partition coefficient (Wildman–Crippen LogP) is 2.65. The van der Waals surface area contributed by atoms with E-state index in [4.69, 9.17) is 17.3 Å². The second kappa shape index (κ2) is 5.93. The van der Waals surface area contributed by atoms with Crippen molar-refractivity contribution >= 4 is 17.3 Å². The molecule has 2 nitrogen and oxygen atoms in total. The van der Waals surface area contributed by atoms with Gasteiger partial charge in [0.15, 0.2) is 0 Å². The van der Waals surface area contributed by atoms with Gasteiger partial charge in [0.25, 0.3) is 0 Å². The first-order valence-electron chi connectivity index (χ1n) is 5.01. The highest BCUT2D eigenvalue weighted by Crippen LogP contribution is 2.21. The third-order valence-electron chi connectivity index (χ3n) is 2.29. The molecule has 1 aromatic carbocycles. The fraction of sp³-hybridized carbons (Fsp3) is 0.455. The highest BCUT2D eigenvalue weighted by Gasteiger charge is 2.04. The summed E-state index contributed by atoms with van der Waals surface area (Å²) in [4.78, 5) is 2.04. The highest BCUT2D eigenvalue weighted by molar-refractivity contribution is 6.31. The molecular weight excluding hydrogens is 215 g/mol. The zero-order valence-corrected chi connectivity index (χ0v) is 9.60. The Kier molecular flexibility index (Phi) is 4.85. The minimum absolute atomic E-state index is 0.165. The average Bonchev–Trinajstić information content (AvgIpc) is 2.22. The number of nitrogens with zero attached hydrogens (tertiary/aromatic N) is 1. The molecule has 0 atom stereocenters. The number of hydrogen-bond acceptors (Lipinski definition) is 2. The fourth-order valence-electron chi connectivity index (χ4n) is 1.34. The quantitative estimate of drug-likeness (QED) is 0.788. The van der Waals surface area contributed by atoms with Crippen molar-refractivity contribution in [1.82, 2.24) is 0 Å². The van der Waals surface area contributed by atoms with E-state index in [-0.39, 0.29) is 10.8 Å². The first-order valence-corrected chi connectivity index (χ1v) is 5.39. The van der Waals surface area contributed by atoms with Crippen molar-refractivity contribution in [3.8, 4) is 0 Å². The van der Waals surface area contributed by atoms with Crippen LogP contribution in [-0.2, 0) is 0 Å². The van der Waals surface area contributed by atoms with Gasteiger partial charge in [-0.25, -0.2) is 4.39 Å². The van der Waals surface area contributed by atoms with Crippen LogP contribution in [0.5, 0.6) is 0 Å². The van der Waals surface area contributed by atoms with Crippen molar-refractivity contribution in [2.24, 2.45) is 5.73 Å². The Hall–Kier alpha value is -0.800. The van der Waals surface area contributed by atoms with Gasteiger partial charge in [0.05, 0.1) is 5.02 Å². The zero-order chi connectivity index (χ0) is 11.3. The molecule has 0 unspecified atom stereocenters. The van der Waals surface area contributed by atoms with Gasteiger partial charge in [-0.15, -0.1) is 0 Å². The Morgan fingerprint density at radius 3 is 2.73 bits per heavy atom. The maximum Gasteiger partial charge on any atom is 0.141 e. The summed E-state index contributed by atoms with van der Waals surface area (Å²) in [6.07, 6.45) is 2.03. The third kappa shape index (κ3) is 3.68. The van der Waals surface area contributed by atoms with Crippen molar-refractivity contribution in [2.75, 3.05) is 25.0 Å². The summed E-state index contributed by atoms with van der Waals surface area (Å²) in [5.41, 5.74) is 6.34. The van der Waals surface area contributed by atoms with Crippen LogP contribution in [0.2, 0.25) is 5.02 Å². The van der Waals surface area contributed by atoms with E-state index in [2.05, 4.69) is 0 Å². The van der Waals surface area contributed by atoms with Crippen LogP contribution in [0.1, 0.15) is 12.8 Å². The molecular formula is C11H16ClFN2. The highest BCUT2D eigenvalue weighted by atomic mass is 35.5. The van der Waals surface area contributed by atoms with Crippen molar-refractivity contribution in [3.05, 3.63) is 29.0 Å². The van der Waals surface area contributed by atoms with Crippen LogP contribution in [0.4, 0.5) is 10.1 Å². The Labute approximate surface area is 94.8 Å². The van der Waals surface area contributed by atoms with Crippen LogP contribution < -0.4 is 10.6 Å². The van der Waals surface area contributed by atoms with Gasteiger partial charge < -0.3 is 10.6 Å². The van der Waals surface area contributed by atoms with Crippen LogP contribution in [0.15, 0.2) is 18.2 Å². The normalized spacial score (nSPS) is 10.4. The molecule has 0 spiro atoms. The molecule has 4 heteroatoms. The number of unbranched alkanes of at least 4 members (excludes halogenated alkanes) is 1. The first-order chi connectivity index (χ1) is 7.15. The maximum absolute atomic E-state index is 12.9. The molecule has 1 aromatic rings. The summed E-state index contributed by atoms with van der Waals surface area (Å²) in [7, 11) is 1.96. The predicted molar refractivity (Wildman–Crippen MR) is 63.0 cm³/mol. The lowest BCUT2D eigenvalue weighted by molar-refractivity contribution is 0.628. The molecule has 84 valence electrons. The molecule has 0 bridgehead atoms. The standard InChI is InChI=1S/C11H16ClFN2/c1-15(7-3-2-6-14)9-4-5-11(13)10(12)8-9/h4-5,8H,2-3,6-7,14H2,1H3. The number of anilines is 1. The molecule has 2 N–H and O–H groups in total. The topological polar surface area (TPSA) is 29.3 Å². The van der Waals surface area contributed by atoms with E-state index in [1.165, 1.54) is 6.07 Å².